The Kier molecular flexibility index (Phi) is 2.38. The fourth-order valence-corrected chi connectivity index (χ4v) is 0.752. The van der Waals surface area contributed by atoms with E-state index in [4.69, 9.17) is 0 Å². The van der Waals surface area contributed by atoms with Gasteiger partial charge in [0.25, 0.3) is 5.91 Å². The molecule has 1 aromatic heterocycles. The quantitative estimate of drug-likeness (QED) is 0.608. The predicted octanol–water partition coefficient (Wildman–Crippen LogP) is 0.487. The molecule has 64 valence electrons. The van der Waals surface area contributed by atoms with Crippen molar-refractivity contribution in [1.82, 2.24) is 14.9 Å². The lowest BCUT2D eigenvalue weighted by atomic mass is 10.4. The average Bonchev–Trinajstić information content (AvgIpc) is 2.03. The fraction of sp³-hybridized carbons (Fsp3) is 0.375. The van der Waals surface area contributed by atoms with Gasteiger partial charge in [0.15, 0.2) is 0 Å². The Labute approximate surface area is 71.3 Å². The molecule has 0 atom stereocenters. The normalized spacial score (nSPS) is 9.58. The highest BCUT2D eigenvalue weighted by atomic mass is 16.2. The molecular formula is C8H11N3O. The number of carbonyl (C=O) groups is 1. The van der Waals surface area contributed by atoms with Gasteiger partial charge < -0.3 is 4.90 Å². The van der Waals surface area contributed by atoms with Gasteiger partial charge in [0, 0.05) is 26.0 Å². The predicted molar refractivity (Wildman–Crippen MR) is 44.8 cm³/mol. The molecule has 0 aromatic carbocycles. The maximum Gasteiger partial charge on any atom is 0.291 e. The highest BCUT2D eigenvalue weighted by Crippen LogP contribution is 1.95. The van der Waals surface area contributed by atoms with Gasteiger partial charge in [0.05, 0.1) is 0 Å². The molecule has 0 fully saturated rings. The van der Waals surface area contributed by atoms with Gasteiger partial charge >= 0.3 is 0 Å². The molecule has 0 aliphatic rings. The minimum Gasteiger partial charge on any atom is -0.342 e. The van der Waals surface area contributed by atoms with Gasteiger partial charge in [-0.15, -0.1) is 0 Å². The van der Waals surface area contributed by atoms with Crippen molar-refractivity contribution in [1.29, 1.82) is 0 Å². The Morgan fingerprint density at radius 1 is 1.50 bits per heavy atom. The van der Waals surface area contributed by atoms with Crippen LogP contribution in [-0.2, 0) is 0 Å². The summed E-state index contributed by atoms with van der Waals surface area (Å²) >= 11 is 0. The van der Waals surface area contributed by atoms with E-state index in [1.165, 1.54) is 4.90 Å². The monoisotopic (exact) mass is 165 g/mol. The van der Waals surface area contributed by atoms with Crippen LogP contribution in [0.15, 0.2) is 12.3 Å². The van der Waals surface area contributed by atoms with Crippen LogP contribution in [-0.4, -0.2) is 34.9 Å². The summed E-state index contributed by atoms with van der Waals surface area (Å²) in [6.45, 7) is 1.83. The van der Waals surface area contributed by atoms with E-state index >= 15 is 0 Å². The third-order valence-corrected chi connectivity index (χ3v) is 1.39. The van der Waals surface area contributed by atoms with Crippen molar-refractivity contribution >= 4 is 5.91 Å². The molecule has 0 saturated carbocycles. The van der Waals surface area contributed by atoms with Crippen molar-refractivity contribution < 1.29 is 4.79 Å². The summed E-state index contributed by atoms with van der Waals surface area (Å²) in [4.78, 5) is 20.6. The standard InChI is InChI=1S/C8H11N3O/c1-6-4-5-9-7(10-6)8(12)11(2)3/h4-5H,1-3H3. The van der Waals surface area contributed by atoms with Gasteiger partial charge in [-0.05, 0) is 13.0 Å². The SMILES string of the molecule is Cc1ccnc(C(=O)N(C)C)n1. The summed E-state index contributed by atoms with van der Waals surface area (Å²) in [5.74, 6) is 0.0821. The van der Waals surface area contributed by atoms with Crippen LogP contribution < -0.4 is 0 Å². The molecule has 0 N–H and O–H groups in total. The second-order valence-electron chi connectivity index (χ2n) is 2.72. The maximum atomic E-state index is 11.3. The number of aromatic nitrogens is 2. The van der Waals surface area contributed by atoms with Gasteiger partial charge in [0.1, 0.15) is 0 Å². The number of amides is 1. The minimum absolute atomic E-state index is 0.168. The van der Waals surface area contributed by atoms with Crippen LogP contribution in [0.4, 0.5) is 0 Å². The maximum absolute atomic E-state index is 11.3. The Morgan fingerprint density at radius 2 is 2.17 bits per heavy atom. The van der Waals surface area contributed by atoms with Crippen LogP contribution in [0.5, 0.6) is 0 Å². The third-order valence-electron chi connectivity index (χ3n) is 1.39. The Morgan fingerprint density at radius 3 is 2.67 bits per heavy atom. The number of hydrogen-bond acceptors (Lipinski definition) is 3. The number of hydrogen-bond donors (Lipinski definition) is 0. The molecule has 12 heavy (non-hydrogen) atoms. The zero-order valence-electron chi connectivity index (χ0n) is 7.40. The lowest BCUT2D eigenvalue weighted by Crippen LogP contribution is -2.24. The van der Waals surface area contributed by atoms with Crippen LogP contribution in [0.2, 0.25) is 0 Å². The van der Waals surface area contributed by atoms with Crippen LogP contribution in [0.1, 0.15) is 16.3 Å². The van der Waals surface area contributed by atoms with E-state index < -0.39 is 0 Å². The number of rotatable bonds is 1. The van der Waals surface area contributed by atoms with Crippen molar-refractivity contribution in [3.05, 3.63) is 23.8 Å². The Balaban J connectivity index is 2.96. The van der Waals surface area contributed by atoms with Gasteiger partial charge in [-0.3, -0.25) is 4.79 Å². The van der Waals surface area contributed by atoms with E-state index in [2.05, 4.69) is 9.97 Å². The summed E-state index contributed by atoms with van der Waals surface area (Å²) in [5.41, 5.74) is 0.801. The van der Waals surface area contributed by atoms with E-state index in [1.54, 1.807) is 26.4 Å². The molecule has 0 saturated heterocycles. The molecule has 1 heterocycles. The molecular weight excluding hydrogens is 154 g/mol. The van der Waals surface area contributed by atoms with E-state index in [1.807, 2.05) is 6.92 Å². The average molecular weight is 165 g/mol. The summed E-state index contributed by atoms with van der Waals surface area (Å²) in [6, 6.07) is 1.76. The van der Waals surface area contributed by atoms with Crippen LogP contribution in [0, 0.1) is 6.92 Å². The van der Waals surface area contributed by atoms with Crippen molar-refractivity contribution in [3.63, 3.8) is 0 Å². The van der Waals surface area contributed by atoms with Crippen molar-refractivity contribution in [2.75, 3.05) is 14.1 Å². The molecule has 0 bridgehead atoms. The first kappa shape index (κ1) is 8.64. The summed E-state index contributed by atoms with van der Waals surface area (Å²) in [5, 5.41) is 0. The van der Waals surface area contributed by atoms with E-state index in [9.17, 15) is 4.79 Å². The lowest BCUT2D eigenvalue weighted by Gasteiger charge is -2.07. The van der Waals surface area contributed by atoms with Gasteiger partial charge in [-0.2, -0.15) is 0 Å². The summed E-state index contributed by atoms with van der Waals surface area (Å²) < 4.78 is 0. The first-order valence-corrected chi connectivity index (χ1v) is 3.62. The highest BCUT2D eigenvalue weighted by molar-refractivity contribution is 5.89. The molecule has 0 spiro atoms. The Hall–Kier alpha value is -1.45. The van der Waals surface area contributed by atoms with Crippen LogP contribution in [0.25, 0.3) is 0 Å². The van der Waals surface area contributed by atoms with E-state index in [0.29, 0.717) is 0 Å². The largest absolute Gasteiger partial charge is 0.342 e. The molecule has 1 rings (SSSR count). The third kappa shape index (κ3) is 1.78. The molecule has 1 aromatic rings. The first-order chi connectivity index (χ1) is 5.61. The second kappa shape index (κ2) is 3.30. The second-order valence-corrected chi connectivity index (χ2v) is 2.72. The molecule has 0 aliphatic carbocycles. The molecule has 4 nitrogen and oxygen atoms in total. The molecule has 1 amide bonds. The molecule has 0 aliphatic heterocycles. The van der Waals surface area contributed by atoms with Crippen LogP contribution in [0.3, 0.4) is 0 Å². The first-order valence-electron chi connectivity index (χ1n) is 3.62. The van der Waals surface area contributed by atoms with Crippen molar-refractivity contribution in [2.24, 2.45) is 0 Å². The molecule has 0 radical (unpaired) electrons. The topological polar surface area (TPSA) is 46.1 Å². The zero-order valence-corrected chi connectivity index (χ0v) is 7.40. The fourth-order valence-electron chi connectivity index (χ4n) is 0.752. The van der Waals surface area contributed by atoms with Gasteiger partial charge in [0.2, 0.25) is 5.82 Å². The number of aryl methyl sites for hydroxylation is 1. The smallest absolute Gasteiger partial charge is 0.291 e. The Bertz CT molecular complexity index is 296. The van der Waals surface area contributed by atoms with Gasteiger partial charge in [-0.1, -0.05) is 0 Å². The number of carbonyl (C=O) groups excluding carboxylic acids is 1. The number of nitrogens with zero attached hydrogens (tertiary/aromatic N) is 3. The summed E-state index contributed by atoms with van der Waals surface area (Å²) in [7, 11) is 3.35. The van der Waals surface area contributed by atoms with E-state index in [0.717, 1.165) is 5.69 Å². The van der Waals surface area contributed by atoms with Gasteiger partial charge in [-0.25, -0.2) is 9.97 Å². The van der Waals surface area contributed by atoms with Crippen molar-refractivity contribution in [3.8, 4) is 0 Å². The highest BCUT2D eigenvalue weighted by Gasteiger charge is 2.10. The molecule has 4 heteroatoms. The zero-order chi connectivity index (χ0) is 9.14. The minimum atomic E-state index is -0.168. The summed E-state index contributed by atoms with van der Waals surface area (Å²) in [6.07, 6.45) is 1.58. The van der Waals surface area contributed by atoms with Crippen molar-refractivity contribution in [2.45, 2.75) is 6.92 Å². The molecule has 0 unspecified atom stereocenters. The lowest BCUT2D eigenvalue weighted by molar-refractivity contribution is 0.0815. The van der Waals surface area contributed by atoms with E-state index in [-0.39, 0.29) is 11.7 Å². The van der Waals surface area contributed by atoms with Crippen LogP contribution >= 0.6 is 0 Å².